The number of rotatable bonds is 3. The molecular weight excluding hydrogens is 333 g/mol. The van der Waals surface area contributed by atoms with Crippen molar-refractivity contribution < 1.29 is 4.57 Å². The summed E-state index contributed by atoms with van der Waals surface area (Å²) in [6.07, 6.45) is 6.42. The van der Waals surface area contributed by atoms with Crippen molar-refractivity contribution in [3.8, 4) is 0 Å². The Balaban J connectivity index is 0.00000162. The highest BCUT2D eigenvalue weighted by Gasteiger charge is 2.01. The van der Waals surface area contributed by atoms with E-state index in [4.69, 9.17) is 0 Å². The molecule has 0 saturated carbocycles. The van der Waals surface area contributed by atoms with Crippen LogP contribution in [0.25, 0.3) is 12.2 Å². The van der Waals surface area contributed by atoms with Gasteiger partial charge in [0.25, 0.3) is 0 Å². The van der Waals surface area contributed by atoms with Gasteiger partial charge in [-0.15, -0.1) is 24.0 Å². The molecule has 0 aliphatic heterocycles. The molecule has 2 aromatic rings. The standard InChI is InChI=1S/C16H18N.HI/c1-3-17-13-5-4-6-16(17)12-11-15-9-7-14(2)8-10-15;/h4-13H,3H2,1-2H3;1H/q+1;/b12-11+;. The van der Waals surface area contributed by atoms with Crippen LogP contribution >= 0.6 is 24.0 Å². The predicted molar refractivity (Wildman–Crippen MR) is 87.8 cm³/mol. The Kier molecular flexibility index (Phi) is 6.05. The molecule has 0 radical (unpaired) electrons. The fourth-order valence-electron chi connectivity index (χ4n) is 1.79. The molecule has 0 bridgehead atoms. The molecule has 0 amide bonds. The van der Waals surface area contributed by atoms with Crippen LogP contribution < -0.4 is 4.57 Å². The highest BCUT2D eigenvalue weighted by Crippen LogP contribution is 2.07. The molecule has 18 heavy (non-hydrogen) atoms. The molecular formula is C16H19IN+. The first-order valence-electron chi connectivity index (χ1n) is 6.03. The Labute approximate surface area is 126 Å². The number of benzene rings is 1. The molecule has 0 unspecified atom stereocenters. The minimum atomic E-state index is 0. The lowest BCUT2D eigenvalue weighted by atomic mass is 10.1. The molecule has 0 aliphatic rings. The fourth-order valence-corrected chi connectivity index (χ4v) is 1.79. The van der Waals surface area contributed by atoms with E-state index in [-0.39, 0.29) is 24.0 Å². The lowest BCUT2D eigenvalue weighted by Gasteiger charge is -1.97. The topological polar surface area (TPSA) is 3.88 Å². The molecule has 1 nitrogen and oxygen atoms in total. The molecule has 0 spiro atoms. The fraction of sp³-hybridized carbons (Fsp3) is 0.188. The molecule has 1 aromatic carbocycles. The third kappa shape index (κ3) is 3.95. The molecule has 94 valence electrons. The minimum absolute atomic E-state index is 0. The first kappa shape index (κ1) is 14.9. The highest BCUT2D eigenvalue weighted by atomic mass is 127. The maximum Gasteiger partial charge on any atom is 0.205 e. The monoisotopic (exact) mass is 352 g/mol. The normalized spacial score (nSPS) is 10.3. The summed E-state index contributed by atoms with van der Waals surface area (Å²) < 4.78 is 2.23. The summed E-state index contributed by atoms with van der Waals surface area (Å²) in [7, 11) is 0. The number of hydrogen-bond acceptors (Lipinski definition) is 0. The van der Waals surface area contributed by atoms with Gasteiger partial charge in [0.2, 0.25) is 5.69 Å². The zero-order valence-corrected chi connectivity index (χ0v) is 13.2. The van der Waals surface area contributed by atoms with Gasteiger partial charge in [-0.3, -0.25) is 0 Å². The first-order valence-corrected chi connectivity index (χ1v) is 6.03. The lowest BCUT2D eigenvalue weighted by molar-refractivity contribution is -0.695. The molecule has 1 aromatic heterocycles. The van der Waals surface area contributed by atoms with E-state index in [0.717, 1.165) is 6.54 Å². The Morgan fingerprint density at radius 1 is 1.00 bits per heavy atom. The molecule has 2 heteroatoms. The van der Waals surface area contributed by atoms with Crippen molar-refractivity contribution in [2.75, 3.05) is 0 Å². The number of hydrogen-bond donors (Lipinski definition) is 0. The van der Waals surface area contributed by atoms with Crippen LogP contribution in [0.3, 0.4) is 0 Å². The number of nitrogens with zero attached hydrogens (tertiary/aromatic N) is 1. The van der Waals surface area contributed by atoms with Crippen LogP contribution in [-0.4, -0.2) is 0 Å². The predicted octanol–water partition coefficient (Wildman–Crippen LogP) is 4.09. The van der Waals surface area contributed by atoms with Gasteiger partial charge in [0, 0.05) is 18.2 Å². The van der Waals surface area contributed by atoms with Crippen LogP contribution in [0.2, 0.25) is 0 Å². The van der Waals surface area contributed by atoms with E-state index in [1.54, 1.807) is 0 Å². The Bertz CT molecular complexity index is 515. The smallest absolute Gasteiger partial charge is 0.199 e. The second-order valence-electron chi connectivity index (χ2n) is 4.16. The second-order valence-corrected chi connectivity index (χ2v) is 4.16. The van der Waals surface area contributed by atoms with Crippen molar-refractivity contribution in [3.05, 3.63) is 65.5 Å². The zero-order valence-electron chi connectivity index (χ0n) is 10.8. The van der Waals surface area contributed by atoms with Gasteiger partial charge in [0.05, 0.1) is 0 Å². The molecule has 0 saturated heterocycles. The maximum absolute atomic E-state index is 2.23. The van der Waals surface area contributed by atoms with Crippen molar-refractivity contribution in [2.45, 2.75) is 20.4 Å². The summed E-state index contributed by atoms with van der Waals surface area (Å²) in [6.45, 7) is 5.26. The van der Waals surface area contributed by atoms with Gasteiger partial charge in [-0.1, -0.05) is 29.8 Å². The number of aromatic nitrogens is 1. The lowest BCUT2D eigenvalue weighted by Crippen LogP contribution is -2.34. The summed E-state index contributed by atoms with van der Waals surface area (Å²) in [5.74, 6) is 0. The van der Waals surface area contributed by atoms with Crippen LogP contribution in [0.5, 0.6) is 0 Å². The number of pyridine rings is 1. The van der Waals surface area contributed by atoms with E-state index in [2.05, 4.69) is 79.2 Å². The van der Waals surface area contributed by atoms with E-state index in [1.807, 2.05) is 0 Å². The third-order valence-corrected chi connectivity index (χ3v) is 2.84. The van der Waals surface area contributed by atoms with Crippen molar-refractivity contribution in [2.24, 2.45) is 0 Å². The molecule has 0 N–H and O–H groups in total. The van der Waals surface area contributed by atoms with Gasteiger partial charge in [0.1, 0.15) is 6.54 Å². The summed E-state index contributed by atoms with van der Waals surface area (Å²) in [5.41, 5.74) is 3.77. The van der Waals surface area contributed by atoms with E-state index in [9.17, 15) is 0 Å². The van der Waals surface area contributed by atoms with E-state index >= 15 is 0 Å². The SMILES string of the molecule is CC[n+]1ccccc1/C=C/c1ccc(C)cc1.I. The molecule has 0 fully saturated rings. The number of aryl methyl sites for hydroxylation is 2. The second kappa shape index (κ2) is 7.31. The molecule has 0 aliphatic carbocycles. The first-order chi connectivity index (χ1) is 8.29. The van der Waals surface area contributed by atoms with Crippen LogP contribution in [0.4, 0.5) is 0 Å². The largest absolute Gasteiger partial charge is 0.205 e. The average Bonchev–Trinajstić information content (AvgIpc) is 2.38. The Morgan fingerprint density at radius 3 is 2.39 bits per heavy atom. The van der Waals surface area contributed by atoms with Gasteiger partial charge < -0.3 is 0 Å². The Hall–Kier alpha value is -1.16. The van der Waals surface area contributed by atoms with Crippen molar-refractivity contribution in [1.29, 1.82) is 0 Å². The van der Waals surface area contributed by atoms with Crippen LogP contribution in [0.1, 0.15) is 23.7 Å². The summed E-state index contributed by atoms with van der Waals surface area (Å²) in [4.78, 5) is 0. The van der Waals surface area contributed by atoms with Crippen LogP contribution in [0.15, 0.2) is 48.7 Å². The summed E-state index contributed by atoms with van der Waals surface area (Å²) in [6, 6.07) is 14.8. The summed E-state index contributed by atoms with van der Waals surface area (Å²) in [5, 5.41) is 0. The third-order valence-electron chi connectivity index (χ3n) is 2.84. The van der Waals surface area contributed by atoms with E-state index in [1.165, 1.54) is 16.8 Å². The highest BCUT2D eigenvalue weighted by molar-refractivity contribution is 14.0. The van der Waals surface area contributed by atoms with Crippen molar-refractivity contribution in [1.82, 2.24) is 0 Å². The Morgan fingerprint density at radius 2 is 1.72 bits per heavy atom. The maximum atomic E-state index is 2.23. The minimum Gasteiger partial charge on any atom is -0.199 e. The van der Waals surface area contributed by atoms with Crippen LogP contribution in [-0.2, 0) is 6.54 Å². The van der Waals surface area contributed by atoms with Crippen molar-refractivity contribution >= 4 is 36.1 Å². The molecule has 0 atom stereocenters. The van der Waals surface area contributed by atoms with Crippen molar-refractivity contribution in [3.63, 3.8) is 0 Å². The molecule has 2 rings (SSSR count). The number of halogens is 1. The average molecular weight is 352 g/mol. The van der Waals surface area contributed by atoms with Gasteiger partial charge >= 0.3 is 0 Å². The summed E-state index contributed by atoms with van der Waals surface area (Å²) >= 11 is 0. The van der Waals surface area contributed by atoms with Gasteiger partial charge in [-0.25, -0.2) is 0 Å². The van der Waals surface area contributed by atoms with Gasteiger partial charge in [-0.05, 0) is 31.6 Å². The van der Waals surface area contributed by atoms with Gasteiger partial charge in [-0.2, -0.15) is 4.57 Å². The zero-order chi connectivity index (χ0) is 12.1. The quantitative estimate of drug-likeness (QED) is 0.579. The molecule has 1 heterocycles. The van der Waals surface area contributed by atoms with Gasteiger partial charge in [0.15, 0.2) is 6.20 Å². The van der Waals surface area contributed by atoms with E-state index < -0.39 is 0 Å². The van der Waals surface area contributed by atoms with E-state index in [0.29, 0.717) is 0 Å². The van der Waals surface area contributed by atoms with Crippen LogP contribution in [0, 0.1) is 6.92 Å².